The minimum Gasteiger partial charge on any atom is -0.269 e. The highest BCUT2D eigenvalue weighted by atomic mass is 19.4. The summed E-state index contributed by atoms with van der Waals surface area (Å²) >= 11 is 0. The van der Waals surface area contributed by atoms with Crippen molar-refractivity contribution in [1.29, 1.82) is 0 Å². The van der Waals surface area contributed by atoms with Gasteiger partial charge in [0.1, 0.15) is 0 Å². The summed E-state index contributed by atoms with van der Waals surface area (Å²) in [6, 6.07) is 2.08. The molecule has 0 saturated carbocycles. The van der Waals surface area contributed by atoms with Crippen LogP contribution in [0.3, 0.4) is 0 Å². The third-order valence-corrected chi connectivity index (χ3v) is 3.35. The molecular formula is C13H12F3N3. The van der Waals surface area contributed by atoms with E-state index in [9.17, 15) is 13.2 Å². The van der Waals surface area contributed by atoms with Crippen LogP contribution in [-0.4, -0.2) is 14.8 Å². The molecule has 100 valence electrons. The number of pyridine rings is 1. The van der Waals surface area contributed by atoms with E-state index in [1.807, 2.05) is 4.68 Å². The van der Waals surface area contributed by atoms with Crippen LogP contribution in [-0.2, 0) is 19.1 Å². The van der Waals surface area contributed by atoms with Gasteiger partial charge in [0.05, 0.1) is 17.5 Å². The average molecular weight is 267 g/mol. The summed E-state index contributed by atoms with van der Waals surface area (Å²) in [5, 5.41) is 4.22. The third kappa shape index (κ3) is 2.22. The topological polar surface area (TPSA) is 30.7 Å². The van der Waals surface area contributed by atoms with Gasteiger partial charge in [-0.3, -0.25) is 9.67 Å². The molecule has 2 aromatic heterocycles. The molecule has 3 heterocycles. The molecule has 0 bridgehead atoms. The zero-order valence-corrected chi connectivity index (χ0v) is 10.1. The van der Waals surface area contributed by atoms with Crippen LogP contribution in [0.1, 0.15) is 24.1 Å². The van der Waals surface area contributed by atoms with Gasteiger partial charge in [-0.2, -0.15) is 18.3 Å². The predicted molar refractivity (Wildman–Crippen MR) is 63.4 cm³/mol. The highest BCUT2D eigenvalue weighted by Gasteiger charge is 2.31. The standard InChI is InChI=1S/C13H12F3N3/c14-13(15,16)9-4-5-17-11(7-9)10-8-18-19-6-2-1-3-12(10)19/h4-5,7-8H,1-3,6H2. The quantitative estimate of drug-likeness (QED) is 0.793. The second-order valence-electron chi connectivity index (χ2n) is 4.61. The summed E-state index contributed by atoms with van der Waals surface area (Å²) in [5.41, 5.74) is 1.37. The summed E-state index contributed by atoms with van der Waals surface area (Å²) in [5.74, 6) is 0. The number of hydrogen-bond acceptors (Lipinski definition) is 2. The van der Waals surface area contributed by atoms with Gasteiger partial charge in [0, 0.05) is 24.0 Å². The van der Waals surface area contributed by atoms with Crippen LogP contribution in [0.15, 0.2) is 24.5 Å². The number of nitrogens with zero attached hydrogens (tertiary/aromatic N) is 3. The Bertz CT molecular complexity index is 601. The Balaban J connectivity index is 2.05. The summed E-state index contributed by atoms with van der Waals surface area (Å²) in [4.78, 5) is 4.05. The maximum Gasteiger partial charge on any atom is 0.416 e. The Morgan fingerprint density at radius 1 is 1.21 bits per heavy atom. The first kappa shape index (κ1) is 12.2. The van der Waals surface area contributed by atoms with Crippen molar-refractivity contribution in [3.05, 3.63) is 35.8 Å². The number of alkyl halides is 3. The summed E-state index contributed by atoms with van der Waals surface area (Å²) in [7, 11) is 0. The minimum atomic E-state index is -4.34. The normalized spacial score (nSPS) is 15.3. The first-order valence-electron chi connectivity index (χ1n) is 6.14. The molecule has 0 fully saturated rings. The molecule has 1 aliphatic rings. The molecule has 0 amide bonds. The molecule has 19 heavy (non-hydrogen) atoms. The maximum atomic E-state index is 12.7. The number of fused-ring (bicyclic) bond motifs is 1. The Labute approximate surface area is 108 Å². The lowest BCUT2D eigenvalue weighted by Gasteiger charge is -2.15. The van der Waals surface area contributed by atoms with Crippen molar-refractivity contribution < 1.29 is 13.2 Å². The van der Waals surface area contributed by atoms with Crippen LogP contribution in [0.25, 0.3) is 11.3 Å². The van der Waals surface area contributed by atoms with E-state index in [1.54, 1.807) is 6.20 Å². The van der Waals surface area contributed by atoms with E-state index >= 15 is 0 Å². The number of rotatable bonds is 1. The van der Waals surface area contributed by atoms with Crippen LogP contribution in [0, 0.1) is 0 Å². The van der Waals surface area contributed by atoms with Gasteiger partial charge in [-0.1, -0.05) is 0 Å². The van der Waals surface area contributed by atoms with Crippen molar-refractivity contribution in [2.45, 2.75) is 32.0 Å². The highest BCUT2D eigenvalue weighted by molar-refractivity contribution is 5.62. The van der Waals surface area contributed by atoms with Crippen LogP contribution < -0.4 is 0 Å². The van der Waals surface area contributed by atoms with E-state index in [0.717, 1.165) is 43.6 Å². The zero-order chi connectivity index (χ0) is 13.5. The van der Waals surface area contributed by atoms with Gasteiger partial charge in [0.25, 0.3) is 0 Å². The molecule has 0 spiro atoms. The van der Waals surface area contributed by atoms with Gasteiger partial charge in [-0.25, -0.2) is 0 Å². The van der Waals surface area contributed by atoms with Gasteiger partial charge in [0.2, 0.25) is 0 Å². The van der Waals surface area contributed by atoms with Gasteiger partial charge < -0.3 is 0 Å². The molecule has 6 heteroatoms. The molecule has 2 aromatic rings. The van der Waals surface area contributed by atoms with Crippen LogP contribution in [0.2, 0.25) is 0 Å². The van der Waals surface area contributed by atoms with E-state index in [-0.39, 0.29) is 0 Å². The molecular weight excluding hydrogens is 255 g/mol. The average Bonchev–Trinajstić information content (AvgIpc) is 2.82. The van der Waals surface area contributed by atoms with Crippen molar-refractivity contribution in [2.24, 2.45) is 0 Å². The van der Waals surface area contributed by atoms with Crippen LogP contribution >= 0.6 is 0 Å². The number of halogens is 3. The first-order valence-corrected chi connectivity index (χ1v) is 6.14. The smallest absolute Gasteiger partial charge is 0.269 e. The molecule has 0 unspecified atom stereocenters. The molecule has 0 radical (unpaired) electrons. The third-order valence-electron chi connectivity index (χ3n) is 3.35. The van der Waals surface area contributed by atoms with Crippen molar-refractivity contribution in [1.82, 2.24) is 14.8 Å². The molecule has 0 aliphatic carbocycles. The van der Waals surface area contributed by atoms with E-state index in [2.05, 4.69) is 10.1 Å². The maximum absolute atomic E-state index is 12.7. The van der Waals surface area contributed by atoms with Crippen molar-refractivity contribution in [3.8, 4) is 11.3 Å². The molecule has 3 nitrogen and oxygen atoms in total. The minimum absolute atomic E-state index is 0.345. The number of aryl methyl sites for hydroxylation is 1. The summed E-state index contributed by atoms with van der Waals surface area (Å²) < 4.78 is 40.0. The Morgan fingerprint density at radius 2 is 2.05 bits per heavy atom. The fraction of sp³-hybridized carbons (Fsp3) is 0.385. The second-order valence-corrected chi connectivity index (χ2v) is 4.61. The lowest BCUT2D eigenvalue weighted by molar-refractivity contribution is -0.137. The Hall–Kier alpha value is -1.85. The number of hydrogen-bond donors (Lipinski definition) is 0. The molecule has 0 N–H and O–H groups in total. The van der Waals surface area contributed by atoms with E-state index in [4.69, 9.17) is 0 Å². The first-order chi connectivity index (χ1) is 9.05. The monoisotopic (exact) mass is 267 g/mol. The second kappa shape index (κ2) is 4.36. The molecule has 0 saturated heterocycles. The largest absolute Gasteiger partial charge is 0.416 e. The Kier molecular flexibility index (Phi) is 2.80. The Morgan fingerprint density at radius 3 is 2.84 bits per heavy atom. The fourth-order valence-corrected chi connectivity index (χ4v) is 2.39. The molecule has 1 aliphatic heterocycles. The van der Waals surface area contributed by atoms with Crippen LogP contribution in [0.4, 0.5) is 13.2 Å². The fourth-order valence-electron chi connectivity index (χ4n) is 2.39. The van der Waals surface area contributed by atoms with E-state index in [0.29, 0.717) is 11.3 Å². The zero-order valence-electron chi connectivity index (χ0n) is 10.1. The highest BCUT2D eigenvalue weighted by Crippen LogP contribution is 2.32. The van der Waals surface area contributed by atoms with Gasteiger partial charge >= 0.3 is 6.18 Å². The van der Waals surface area contributed by atoms with Crippen molar-refractivity contribution in [2.75, 3.05) is 0 Å². The summed E-state index contributed by atoms with van der Waals surface area (Å²) in [6.45, 7) is 0.828. The van der Waals surface area contributed by atoms with Crippen LogP contribution in [0.5, 0.6) is 0 Å². The molecule has 3 rings (SSSR count). The SMILES string of the molecule is FC(F)(F)c1ccnc(-c2cnn3c2CCCC3)c1. The van der Waals surface area contributed by atoms with Crippen molar-refractivity contribution in [3.63, 3.8) is 0 Å². The lowest BCUT2D eigenvalue weighted by atomic mass is 10.0. The van der Waals surface area contributed by atoms with Gasteiger partial charge in [0.15, 0.2) is 0 Å². The van der Waals surface area contributed by atoms with Gasteiger partial charge in [-0.05, 0) is 31.4 Å². The lowest BCUT2D eigenvalue weighted by Crippen LogP contribution is -2.11. The van der Waals surface area contributed by atoms with Gasteiger partial charge in [-0.15, -0.1) is 0 Å². The molecule has 0 aromatic carbocycles. The number of aromatic nitrogens is 3. The predicted octanol–water partition coefficient (Wildman–Crippen LogP) is 3.30. The van der Waals surface area contributed by atoms with Crippen molar-refractivity contribution >= 4 is 0 Å². The summed E-state index contributed by atoms with van der Waals surface area (Å²) in [6.07, 6.45) is 1.41. The van der Waals surface area contributed by atoms with E-state index < -0.39 is 11.7 Å². The molecule has 0 atom stereocenters. The van der Waals surface area contributed by atoms with E-state index in [1.165, 1.54) is 6.20 Å².